The average Bonchev–Trinajstić information content (AvgIpc) is 2.93. The predicted molar refractivity (Wildman–Crippen MR) is 165 cm³/mol. The Morgan fingerprint density at radius 3 is 2.46 bits per heavy atom. The Morgan fingerprint density at radius 2 is 1.79 bits per heavy atom. The number of aromatic nitrogens is 2. The molecule has 1 aromatic heterocycles. The summed E-state index contributed by atoms with van der Waals surface area (Å²) < 4.78 is 0. The fourth-order valence-electron chi connectivity index (χ4n) is 4.62. The highest BCUT2D eigenvalue weighted by Gasteiger charge is 2.22. The molecule has 3 rings (SSSR count). The van der Waals surface area contributed by atoms with Crippen molar-refractivity contribution < 1.29 is 4.79 Å². The number of carbonyl (C=O) groups is 1. The first-order valence-corrected chi connectivity index (χ1v) is 14.3. The van der Waals surface area contributed by atoms with Gasteiger partial charge in [0.2, 0.25) is 5.95 Å². The summed E-state index contributed by atoms with van der Waals surface area (Å²) in [6.07, 6.45) is 5.59. The molecule has 1 radical (unpaired) electrons. The highest BCUT2D eigenvalue weighted by atomic mass is 16.2. The minimum Gasteiger partial charge on any atom is -0.354 e. The molecule has 1 amide bonds. The van der Waals surface area contributed by atoms with Gasteiger partial charge in [-0.3, -0.25) is 4.79 Å². The SMILES string of the molecule is CCNc1ncc(C(=O)N(CCC(C)CC)c2cccc(C[B]C(CCN(C)C)c3ccccc3)c2)c(C)n1. The second-order valence-electron chi connectivity index (χ2n) is 10.7. The molecular weight excluding hydrogens is 481 g/mol. The lowest BCUT2D eigenvalue weighted by molar-refractivity contribution is 0.0984. The van der Waals surface area contributed by atoms with E-state index in [1.807, 2.05) is 24.8 Å². The maximum absolute atomic E-state index is 13.9. The van der Waals surface area contributed by atoms with Crippen LogP contribution in [-0.4, -0.2) is 61.8 Å². The van der Waals surface area contributed by atoms with Crippen LogP contribution in [0.5, 0.6) is 0 Å². The molecule has 39 heavy (non-hydrogen) atoms. The molecule has 0 saturated heterocycles. The molecule has 1 heterocycles. The average molecular weight is 527 g/mol. The van der Waals surface area contributed by atoms with Crippen molar-refractivity contribution in [2.24, 2.45) is 5.92 Å². The lowest BCUT2D eigenvalue weighted by Crippen LogP contribution is -2.33. The Bertz CT molecular complexity index is 1170. The number of aryl methyl sites for hydroxylation is 1. The number of nitrogens with one attached hydrogen (secondary N) is 1. The molecule has 7 heteroatoms. The highest BCUT2D eigenvalue weighted by Crippen LogP contribution is 2.24. The van der Waals surface area contributed by atoms with Crippen molar-refractivity contribution in [3.05, 3.63) is 83.2 Å². The quantitative estimate of drug-likeness (QED) is 0.239. The van der Waals surface area contributed by atoms with E-state index < -0.39 is 0 Å². The molecule has 3 aromatic rings. The van der Waals surface area contributed by atoms with Gasteiger partial charge in [-0.15, -0.1) is 0 Å². The molecule has 2 atom stereocenters. The van der Waals surface area contributed by atoms with Crippen molar-refractivity contribution in [2.75, 3.05) is 43.9 Å². The number of hydrogen-bond acceptors (Lipinski definition) is 5. The topological polar surface area (TPSA) is 61.4 Å². The third-order valence-electron chi connectivity index (χ3n) is 7.31. The summed E-state index contributed by atoms with van der Waals surface area (Å²) in [4.78, 5) is 26.9. The van der Waals surface area contributed by atoms with Gasteiger partial charge in [0.05, 0.1) is 11.3 Å². The Labute approximate surface area is 236 Å². The van der Waals surface area contributed by atoms with Crippen molar-refractivity contribution >= 4 is 24.8 Å². The van der Waals surface area contributed by atoms with E-state index in [1.54, 1.807) is 6.20 Å². The molecule has 2 unspecified atom stereocenters. The van der Waals surface area contributed by atoms with Gasteiger partial charge in [-0.25, -0.2) is 9.97 Å². The molecule has 0 bridgehead atoms. The lowest BCUT2D eigenvalue weighted by atomic mass is 9.57. The molecular formula is C32H45BN5O. The van der Waals surface area contributed by atoms with E-state index in [-0.39, 0.29) is 5.91 Å². The van der Waals surface area contributed by atoms with Gasteiger partial charge >= 0.3 is 0 Å². The van der Waals surface area contributed by atoms with Crippen molar-refractivity contribution in [2.45, 2.75) is 59.1 Å². The van der Waals surface area contributed by atoms with Gasteiger partial charge in [-0.1, -0.05) is 80.2 Å². The minimum absolute atomic E-state index is 0.0480. The lowest BCUT2D eigenvalue weighted by Gasteiger charge is -2.25. The van der Waals surface area contributed by atoms with E-state index in [9.17, 15) is 4.79 Å². The maximum atomic E-state index is 13.9. The number of rotatable bonds is 15. The summed E-state index contributed by atoms with van der Waals surface area (Å²) in [6, 6.07) is 19.2. The number of hydrogen-bond donors (Lipinski definition) is 1. The summed E-state index contributed by atoms with van der Waals surface area (Å²) in [5, 5.41) is 3.13. The maximum Gasteiger partial charge on any atom is 0.261 e. The molecule has 0 fully saturated rings. The van der Waals surface area contributed by atoms with E-state index in [4.69, 9.17) is 0 Å². The van der Waals surface area contributed by atoms with Crippen molar-refractivity contribution in [1.82, 2.24) is 14.9 Å². The third kappa shape index (κ3) is 9.21. The standard InChI is InChI=1S/C32H45BN5O/c1-7-24(3)17-20-38(31(39)29-23-35-32(34-8-2)36-25(29)4)28-16-12-13-26(21-28)22-33-30(18-19-37(5)6)27-14-10-9-11-15-27/h9-16,21,23-24,30H,7-8,17-20,22H2,1-6H3,(H,34,35,36). The first-order chi connectivity index (χ1) is 18.8. The zero-order valence-electron chi connectivity index (χ0n) is 24.7. The molecule has 0 spiro atoms. The monoisotopic (exact) mass is 526 g/mol. The normalized spacial score (nSPS) is 12.7. The van der Waals surface area contributed by atoms with E-state index in [1.165, 1.54) is 11.1 Å². The molecule has 0 aliphatic heterocycles. The third-order valence-corrected chi connectivity index (χ3v) is 7.31. The number of anilines is 2. The van der Waals surface area contributed by atoms with Gasteiger partial charge in [0.1, 0.15) is 7.28 Å². The van der Waals surface area contributed by atoms with Crippen LogP contribution in [0.15, 0.2) is 60.8 Å². The fraction of sp³-hybridized carbons (Fsp3) is 0.469. The zero-order chi connectivity index (χ0) is 28.2. The summed E-state index contributed by atoms with van der Waals surface area (Å²) in [5.74, 6) is 1.41. The van der Waals surface area contributed by atoms with Crippen LogP contribution < -0.4 is 10.2 Å². The Kier molecular flexibility index (Phi) is 12.0. The van der Waals surface area contributed by atoms with Crippen LogP contribution in [0.1, 0.15) is 73.0 Å². The van der Waals surface area contributed by atoms with Crippen LogP contribution in [0.2, 0.25) is 0 Å². The van der Waals surface area contributed by atoms with Crippen molar-refractivity contribution in [3.8, 4) is 0 Å². The van der Waals surface area contributed by atoms with Crippen LogP contribution in [-0.2, 0) is 6.32 Å². The largest absolute Gasteiger partial charge is 0.354 e. The second-order valence-corrected chi connectivity index (χ2v) is 10.7. The molecule has 2 aromatic carbocycles. The smallest absolute Gasteiger partial charge is 0.261 e. The summed E-state index contributed by atoms with van der Waals surface area (Å²) in [6.45, 7) is 10.7. The van der Waals surface area contributed by atoms with Crippen LogP contribution in [0.4, 0.5) is 11.6 Å². The number of nitrogens with zero attached hydrogens (tertiary/aromatic N) is 4. The first kappa shape index (κ1) is 30.4. The zero-order valence-corrected chi connectivity index (χ0v) is 24.7. The van der Waals surface area contributed by atoms with Gasteiger partial charge in [0, 0.05) is 25.0 Å². The van der Waals surface area contributed by atoms with Gasteiger partial charge in [0.15, 0.2) is 0 Å². The number of benzene rings is 2. The molecule has 6 nitrogen and oxygen atoms in total. The van der Waals surface area contributed by atoms with Crippen LogP contribution in [0.25, 0.3) is 0 Å². The predicted octanol–water partition coefficient (Wildman–Crippen LogP) is 6.20. The van der Waals surface area contributed by atoms with Crippen LogP contribution >= 0.6 is 0 Å². The second kappa shape index (κ2) is 15.4. The fourth-order valence-corrected chi connectivity index (χ4v) is 4.62. The Balaban J connectivity index is 1.83. The van der Waals surface area contributed by atoms with Gasteiger partial charge < -0.3 is 15.1 Å². The van der Waals surface area contributed by atoms with E-state index in [0.717, 1.165) is 44.4 Å². The van der Waals surface area contributed by atoms with Crippen molar-refractivity contribution in [3.63, 3.8) is 0 Å². The van der Waals surface area contributed by atoms with Crippen LogP contribution in [0, 0.1) is 12.8 Å². The van der Waals surface area contributed by atoms with Gasteiger partial charge in [0.25, 0.3) is 5.91 Å². The molecule has 1 N–H and O–H groups in total. The van der Waals surface area contributed by atoms with Gasteiger partial charge in [-0.05, 0) is 71.2 Å². The summed E-state index contributed by atoms with van der Waals surface area (Å²) >= 11 is 0. The number of carbonyl (C=O) groups excluding carboxylic acids is 1. The molecule has 207 valence electrons. The van der Waals surface area contributed by atoms with E-state index >= 15 is 0 Å². The summed E-state index contributed by atoms with van der Waals surface area (Å²) in [7, 11) is 6.66. The number of amides is 1. The molecule has 0 saturated carbocycles. The molecule has 0 aliphatic rings. The Hall–Kier alpha value is -3.19. The van der Waals surface area contributed by atoms with Crippen LogP contribution in [0.3, 0.4) is 0 Å². The first-order valence-electron chi connectivity index (χ1n) is 14.3. The van der Waals surface area contributed by atoms with Gasteiger partial charge in [-0.2, -0.15) is 0 Å². The summed E-state index contributed by atoms with van der Waals surface area (Å²) in [5.41, 5.74) is 4.71. The molecule has 0 aliphatic carbocycles. The van der Waals surface area contributed by atoms with E-state index in [2.05, 4.69) is 104 Å². The highest BCUT2D eigenvalue weighted by molar-refractivity contribution is 6.37. The Morgan fingerprint density at radius 1 is 1.03 bits per heavy atom. The van der Waals surface area contributed by atoms with Crippen molar-refractivity contribution in [1.29, 1.82) is 0 Å². The van der Waals surface area contributed by atoms with E-state index in [0.29, 0.717) is 35.5 Å². The minimum atomic E-state index is -0.0480.